The molecule has 0 aromatic rings. The second-order valence-electron chi connectivity index (χ2n) is 20.5. The molecule has 0 radical (unpaired) electrons. The summed E-state index contributed by atoms with van der Waals surface area (Å²) in [4.78, 5) is 49.6. The molecule has 31 nitrogen and oxygen atoms in total. The van der Waals surface area contributed by atoms with Gasteiger partial charge >= 0.3 is 0 Å². The molecule has 0 aromatic heterocycles. The quantitative estimate of drug-likeness (QED) is 0.0597. The lowest BCUT2D eigenvalue weighted by Crippen LogP contribution is -2.42. The molecule has 31 heteroatoms. The summed E-state index contributed by atoms with van der Waals surface area (Å²) in [6.45, 7) is 22.9. The third-order valence-electron chi connectivity index (χ3n) is 13.2. The fourth-order valence-electron chi connectivity index (χ4n) is 8.20. The van der Waals surface area contributed by atoms with Gasteiger partial charge in [-0.05, 0) is 31.6 Å². The Balaban J connectivity index is 1.11. The number of carbonyl (C=O) groups excluding carboxylic acids is 4. The molecule has 1 heterocycles. The van der Waals surface area contributed by atoms with Gasteiger partial charge in [-0.2, -0.15) is 0 Å². The van der Waals surface area contributed by atoms with Gasteiger partial charge in [0, 0.05) is 38.3 Å². The van der Waals surface area contributed by atoms with E-state index in [0.717, 1.165) is 12.8 Å². The molecule has 4 amide bonds. The molecule has 0 bridgehead atoms. The Hall–Kier alpha value is -3.14. The first-order valence-electron chi connectivity index (χ1n) is 33.4. The molecule has 0 atom stereocenters. The lowest BCUT2D eigenvalue weighted by molar-refractivity contribution is -0.138. The number of methoxy groups -OCH3 is 1. The van der Waals surface area contributed by atoms with Crippen LogP contribution in [0.1, 0.15) is 25.7 Å². The van der Waals surface area contributed by atoms with Gasteiger partial charge < -0.3 is 124 Å². The zero-order valence-corrected chi connectivity index (χ0v) is 56.4. The Bertz CT molecular complexity index is 1680. The maximum absolute atomic E-state index is 12.5. The number of imide groups is 1. The summed E-state index contributed by atoms with van der Waals surface area (Å²) < 4.78 is 131. The Kier molecular flexibility index (Phi) is 65.8. The number of rotatable bonds is 77. The molecule has 0 saturated heterocycles. The van der Waals surface area contributed by atoms with Crippen LogP contribution in [0.5, 0.6) is 0 Å². The smallest absolute Gasteiger partial charge is 0.253 e. The average molecular weight is 1360 g/mol. The first-order valence-corrected chi connectivity index (χ1v) is 33.4. The fourth-order valence-corrected chi connectivity index (χ4v) is 8.20. The molecule has 1 saturated carbocycles. The topological polar surface area (TPSA) is 317 Å². The Morgan fingerprint density at radius 1 is 0.309 bits per heavy atom. The summed E-state index contributed by atoms with van der Waals surface area (Å²) in [5.74, 6) is -1.01. The Labute approximate surface area is 557 Å². The largest absolute Gasteiger partial charge is 0.382 e. The third-order valence-corrected chi connectivity index (χ3v) is 13.2. The number of carbonyl (C=O) groups is 4. The fraction of sp³-hybridized carbons (Fsp3) is 0.905. The van der Waals surface area contributed by atoms with Gasteiger partial charge in [-0.3, -0.25) is 24.1 Å². The van der Waals surface area contributed by atoms with Crippen LogP contribution in [-0.2, 0) is 133 Å². The van der Waals surface area contributed by atoms with Crippen LogP contribution in [0.4, 0.5) is 0 Å². The van der Waals surface area contributed by atoms with Crippen LogP contribution in [0.15, 0.2) is 12.2 Å². The van der Waals surface area contributed by atoms with Crippen molar-refractivity contribution >= 4 is 23.6 Å². The number of hydrogen-bond donors (Lipinski definition) is 2. The van der Waals surface area contributed by atoms with Crippen molar-refractivity contribution in [1.29, 1.82) is 0 Å². The Morgan fingerprint density at radius 3 is 0.723 bits per heavy atom. The number of amides is 4. The lowest BCUT2D eigenvalue weighted by atomic mass is 9.81. The summed E-state index contributed by atoms with van der Waals surface area (Å²) in [6, 6.07) is 0. The molecule has 0 spiro atoms. The van der Waals surface area contributed by atoms with E-state index in [2.05, 4.69) is 10.6 Å². The van der Waals surface area contributed by atoms with E-state index in [1.165, 1.54) is 17.1 Å². The monoisotopic (exact) mass is 1360 g/mol. The van der Waals surface area contributed by atoms with Crippen molar-refractivity contribution in [2.75, 3.05) is 337 Å². The van der Waals surface area contributed by atoms with Crippen LogP contribution in [0.3, 0.4) is 0 Å². The van der Waals surface area contributed by atoms with Crippen molar-refractivity contribution in [3.8, 4) is 0 Å². The van der Waals surface area contributed by atoms with Crippen molar-refractivity contribution in [3.05, 3.63) is 12.2 Å². The van der Waals surface area contributed by atoms with Gasteiger partial charge in [-0.15, -0.1) is 0 Å². The van der Waals surface area contributed by atoms with Crippen LogP contribution in [0.2, 0.25) is 0 Å². The third kappa shape index (κ3) is 60.1. The zero-order chi connectivity index (χ0) is 67.0. The molecule has 1 aliphatic heterocycles. The number of hydrogen-bond acceptors (Lipinski definition) is 28. The van der Waals surface area contributed by atoms with Crippen LogP contribution < -0.4 is 10.6 Å². The van der Waals surface area contributed by atoms with Crippen LogP contribution in [0, 0.1) is 11.8 Å². The maximum atomic E-state index is 12.5. The molecule has 552 valence electrons. The van der Waals surface area contributed by atoms with Crippen molar-refractivity contribution in [2.45, 2.75) is 25.7 Å². The Morgan fingerprint density at radius 2 is 0.511 bits per heavy atom. The van der Waals surface area contributed by atoms with Gasteiger partial charge in [0.25, 0.3) is 11.8 Å². The van der Waals surface area contributed by atoms with E-state index in [0.29, 0.717) is 336 Å². The predicted molar refractivity (Wildman–Crippen MR) is 338 cm³/mol. The van der Waals surface area contributed by atoms with Gasteiger partial charge in [0.2, 0.25) is 11.8 Å². The van der Waals surface area contributed by atoms with E-state index in [1.54, 1.807) is 7.11 Å². The predicted octanol–water partition coefficient (Wildman–Crippen LogP) is -0.0216. The summed E-state index contributed by atoms with van der Waals surface area (Å²) >= 11 is 0. The van der Waals surface area contributed by atoms with Gasteiger partial charge in [-0.25, -0.2) is 0 Å². The van der Waals surface area contributed by atoms with Gasteiger partial charge in [0.15, 0.2) is 0 Å². The summed E-state index contributed by atoms with van der Waals surface area (Å²) in [7, 11) is 1.64. The minimum absolute atomic E-state index is 0.106. The SMILES string of the molecule is COCCOCCOCCOCCOCCOCCOCCOCCOCCOCCOCCOCCOCCOCCOCCOCCOCCOCCOCCOCCOCCOCCOCCOCCNC(=O)CNC(=O)C1CCC(CN2C(=O)C=CC2=O)CC1. The van der Waals surface area contributed by atoms with Crippen LogP contribution in [0.25, 0.3) is 0 Å². The molecular weight excluding hydrogens is 1250 g/mol. The first-order chi connectivity index (χ1) is 46.5. The average Bonchev–Trinajstić information content (AvgIpc) is 1.92. The van der Waals surface area contributed by atoms with E-state index < -0.39 is 0 Å². The van der Waals surface area contributed by atoms with Gasteiger partial charge in [0.1, 0.15) is 0 Å². The summed E-state index contributed by atoms with van der Waals surface area (Å²) in [5.41, 5.74) is 0. The van der Waals surface area contributed by atoms with Crippen LogP contribution in [-0.4, -0.2) is 366 Å². The molecule has 0 unspecified atom stereocenters. The normalized spacial score (nSPS) is 14.9. The highest BCUT2D eigenvalue weighted by Gasteiger charge is 2.31. The number of nitrogens with zero attached hydrogens (tertiary/aromatic N) is 1. The molecule has 0 aromatic carbocycles. The second kappa shape index (κ2) is 71.2. The van der Waals surface area contributed by atoms with Crippen molar-refractivity contribution in [2.24, 2.45) is 11.8 Å². The number of ether oxygens (including phenoxy) is 24. The standard InChI is InChI=1S/C63H117N3O28/c1-71-10-11-73-14-15-75-18-19-77-22-23-79-26-27-81-30-31-83-34-35-85-38-39-87-42-43-89-46-47-91-50-51-93-54-55-94-53-52-92-49-48-90-45-44-88-41-40-86-37-36-84-33-32-82-29-28-80-25-24-78-21-20-76-17-16-74-13-12-72-9-8-64-60(67)56-65-63(70)59-4-2-58(3-5-59)57-66-61(68)6-7-62(66)69/h6-7,58-59H,2-5,8-57H2,1H3,(H,64,67)(H,65,70). The molecule has 2 aliphatic rings. The minimum atomic E-state index is -0.293. The lowest BCUT2D eigenvalue weighted by Gasteiger charge is -2.29. The molecule has 1 fully saturated rings. The highest BCUT2D eigenvalue weighted by Crippen LogP contribution is 2.30. The van der Waals surface area contributed by atoms with Crippen molar-refractivity contribution in [3.63, 3.8) is 0 Å². The molecule has 1 aliphatic carbocycles. The molecule has 2 N–H and O–H groups in total. The summed E-state index contributed by atoms with van der Waals surface area (Å²) in [5, 5.41) is 5.43. The van der Waals surface area contributed by atoms with E-state index in [1.807, 2.05) is 0 Å². The van der Waals surface area contributed by atoms with Crippen molar-refractivity contribution < 1.29 is 133 Å². The first kappa shape index (κ1) is 86.9. The van der Waals surface area contributed by atoms with E-state index in [9.17, 15) is 19.2 Å². The highest BCUT2D eigenvalue weighted by atomic mass is 16.6. The zero-order valence-electron chi connectivity index (χ0n) is 56.4. The molecular formula is C63H117N3O28. The van der Waals surface area contributed by atoms with Gasteiger partial charge in [-0.1, -0.05) is 0 Å². The van der Waals surface area contributed by atoms with Crippen molar-refractivity contribution in [1.82, 2.24) is 15.5 Å². The van der Waals surface area contributed by atoms with Crippen LogP contribution >= 0.6 is 0 Å². The minimum Gasteiger partial charge on any atom is -0.382 e. The van der Waals surface area contributed by atoms with E-state index >= 15 is 0 Å². The van der Waals surface area contributed by atoms with E-state index in [-0.39, 0.29) is 42.0 Å². The highest BCUT2D eigenvalue weighted by molar-refractivity contribution is 6.12. The van der Waals surface area contributed by atoms with E-state index in [4.69, 9.17) is 114 Å². The van der Waals surface area contributed by atoms with Gasteiger partial charge in [0.05, 0.1) is 317 Å². The maximum Gasteiger partial charge on any atom is 0.253 e. The number of nitrogens with one attached hydrogen (secondary N) is 2. The second-order valence-corrected chi connectivity index (χ2v) is 20.5. The molecule has 94 heavy (non-hydrogen) atoms. The summed E-state index contributed by atoms with van der Waals surface area (Å²) in [6.07, 6.45) is 5.37. The molecule has 2 rings (SSSR count).